The van der Waals surface area contributed by atoms with Crippen LogP contribution in [-0.2, 0) is 4.74 Å². The van der Waals surface area contributed by atoms with Crippen LogP contribution in [0.2, 0.25) is 0 Å². The highest BCUT2D eigenvalue weighted by Gasteiger charge is 2.24. The minimum atomic E-state index is -0.259. The number of carbonyl (C=O) groups excluding carboxylic acids is 1. The van der Waals surface area contributed by atoms with Crippen LogP contribution in [-0.4, -0.2) is 18.7 Å². The fourth-order valence-electron chi connectivity index (χ4n) is 2.27. The van der Waals surface area contributed by atoms with E-state index in [0.29, 0.717) is 12.6 Å². The van der Waals surface area contributed by atoms with E-state index in [9.17, 15) is 4.79 Å². The smallest absolute Gasteiger partial charge is 0.407 e. The maximum Gasteiger partial charge on any atom is 0.407 e. The summed E-state index contributed by atoms with van der Waals surface area (Å²) in [6, 6.07) is 0.332. The van der Waals surface area contributed by atoms with Crippen molar-refractivity contribution < 1.29 is 9.53 Å². The van der Waals surface area contributed by atoms with Crippen LogP contribution in [0.1, 0.15) is 46.5 Å². The molecule has 1 N–H and O–H groups in total. The number of rotatable bonds is 3. The van der Waals surface area contributed by atoms with Crippen LogP contribution in [0, 0.1) is 11.8 Å². The molecule has 0 atom stereocenters. The van der Waals surface area contributed by atoms with Gasteiger partial charge in [-0.15, -0.1) is 0 Å². The molecule has 15 heavy (non-hydrogen) atoms. The summed E-state index contributed by atoms with van der Waals surface area (Å²) < 4.78 is 4.87. The topological polar surface area (TPSA) is 38.3 Å². The van der Waals surface area contributed by atoms with Crippen LogP contribution in [0.5, 0.6) is 0 Å². The third-order valence-electron chi connectivity index (χ3n) is 3.31. The largest absolute Gasteiger partial charge is 0.450 e. The molecule has 3 heteroatoms. The molecule has 0 aromatic rings. The summed E-state index contributed by atoms with van der Waals surface area (Å²) in [4.78, 5) is 11.2. The summed E-state index contributed by atoms with van der Waals surface area (Å²) in [6.07, 6.45) is 4.40. The Balaban J connectivity index is 2.22. The van der Waals surface area contributed by atoms with Crippen molar-refractivity contribution in [3.05, 3.63) is 0 Å². The van der Waals surface area contributed by atoms with Crippen molar-refractivity contribution in [2.45, 2.75) is 52.5 Å². The van der Waals surface area contributed by atoms with Crippen LogP contribution >= 0.6 is 0 Å². The number of nitrogens with one attached hydrogen (secondary N) is 1. The van der Waals surface area contributed by atoms with Gasteiger partial charge in [0.25, 0.3) is 0 Å². The van der Waals surface area contributed by atoms with Gasteiger partial charge in [-0.2, -0.15) is 0 Å². The monoisotopic (exact) mass is 213 g/mol. The Morgan fingerprint density at radius 3 is 2.40 bits per heavy atom. The average Bonchev–Trinajstić information content (AvgIpc) is 2.18. The second-order valence-corrected chi connectivity index (χ2v) is 4.72. The van der Waals surface area contributed by atoms with E-state index in [1.54, 1.807) is 0 Å². The van der Waals surface area contributed by atoms with Crippen molar-refractivity contribution in [1.29, 1.82) is 0 Å². The summed E-state index contributed by atoms with van der Waals surface area (Å²) >= 11 is 0. The number of amides is 1. The first-order chi connectivity index (χ1) is 7.13. The van der Waals surface area contributed by atoms with Gasteiger partial charge in [-0.05, 0) is 44.4 Å². The molecule has 3 nitrogen and oxygen atoms in total. The van der Waals surface area contributed by atoms with Crippen LogP contribution in [0.25, 0.3) is 0 Å². The standard InChI is InChI=1S/C12H23NO2/c1-4-15-12(14)13-11-7-5-10(6-8-11)9(2)3/h9-11H,4-8H2,1-3H3,(H,13,14)/t10-,11-. The van der Waals surface area contributed by atoms with Gasteiger partial charge >= 0.3 is 6.09 Å². The predicted molar refractivity (Wildman–Crippen MR) is 60.7 cm³/mol. The normalized spacial score (nSPS) is 26.4. The molecule has 0 radical (unpaired) electrons. The number of hydrogen-bond acceptors (Lipinski definition) is 2. The van der Waals surface area contributed by atoms with E-state index in [1.165, 1.54) is 12.8 Å². The summed E-state index contributed by atoms with van der Waals surface area (Å²) in [6.45, 7) is 6.84. The lowest BCUT2D eigenvalue weighted by Gasteiger charge is -2.30. The van der Waals surface area contributed by atoms with Gasteiger partial charge in [0.1, 0.15) is 0 Å². The van der Waals surface area contributed by atoms with Gasteiger partial charge < -0.3 is 10.1 Å². The molecule has 88 valence electrons. The summed E-state index contributed by atoms with van der Waals surface area (Å²) in [7, 11) is 0. The van der Waals surface area contributed by atoms with E-state index in [1.807, 2.05) is 6.92 Å². The zero-order chi connectivity index (χ0) is 11.3. The first-order valence-corrected chi connectivity index (χ1v) is 6.06. The summed E-state index contributed by atoms with van der Waals surface area (Å²) in [5.41, 5.74) is 0. The Labute approximate surface area is 92.6 Å². The highest BCUT2D eigenvalue weighted by molar-refractivity contribution is 5.67. The quantitative estimate of drug-likeness (QED) is 0.782. The van der Waals surface area contributed by atoms with E-state index in [-0.39, 0.29) is 6.09 Å². The number of carbonyl (C=O) groups is 1. The number of hydrogen-bond donors (Lipinski definition) is 1. The van der Waals surface area contributed by atoms with E-state index in [0.717, 1.165) is 24.7 Å². The molecule has 0 bridgehead atoms. The molecule has 0 aromatic carbocycles. The van der Waals surface area contributed by atoms with Crippen LogP contribution < -0.4 is 5.32 Å². The van der Waals surface area contributed by atoms with Crippen molar-refractivity contribution in [3.63, 3.8) is 0 Å². The van der Waals surface area contributed by atoms with Crippen molar-refractivity contribution in [3.8, 4) is 0 Å². The van der Waals surface area contributed by atoms with Crippen LogP contribution in [0.15, 0.2) is 0 Å². The van der Waals surface area contributed by atoms with Crippen molar-refractivity contribution >= 4 is 6.09 Å². The first kappa shape index (κ1) is 12.3. The molecule has 0 aromatic heterocycles. The van der Waals surface area contributed by atoms with Crippen molar-refractivity contribution in [2.75, 3.05) is 6.61 Å². The molecule has 1 amide bonds. The highest BCUT2D eigenvalue weighted by Crippen LogP contribution is 2.29. The molecule has 0 spiro atoms. The summed E-state index contributed by atoms with van der Waals surface area (Å²) in [5, 5.41) is 2.92. The Morgan fingerprint density at radius 2 is 1.93 bits per heavy atom. The third-order valence-corrected chi connectivity index (χ3v) is 3.31. The molecule has 1 aliphatic rings. The molecule has 1 rings (SSSR count). The van der Waals surface area contributed by atoms with E-state index in [4.69, 9.17) is 4.74 Å². The van der Waals surface area contributed by atoms with Crippen LogP contribution in [0.3, 0.4) is 0 Å². The lowest BCUT2D eigenvalue weighted by Crippen LogP contribution is -2.38. The van der Waals surface area contributed by atoms with E-state index < -0.39 is 0 Å². The fraction of sp³-hybridized carbons (Fsp3) is 0.917. The maximum atomic E-state index is 11.2. The average molecular weight is 213 g/mol. The molecule has 0 unspecified atom stereocenters. The van der Waals surface area contributed by atoms with Gasteiger partial charge in [0.2, 0.25) is 0 Å². The maximum absolute atomic E-state index is 11.2. The first-order valence-electron chi connectivity index (χ1n) is 6.06. The lowest BCUT2D eigenvalue weighted by atomic mass is 9.80. The lowest BCUT2D eigenvalue weighted by molar-refractivity contribution is 0.141. The van der Waals surface area contributed by atoms with Gasteiger partial charge in [-0.3, -0.25) is 0 Å². The van der Waals surface area contributed by atoms with Gasteiger partial charge in [0.15, 0.2) is 0 Å². The Bertz CT molecular complexity index is 196. The summed E-state index contributed by atoms with van der Waals surface area (Å²) in [5.74, 6) is 1.61. The van der Waals surface area contributed by atoms with Gasteiger partial charge in [0.05, 0.1) is 6.61 Å². The molecule has 1 fully saturated rings. The van der Waals surface area contributed by atoms with Gasteiger partial charge in [-0.25, -0.2) is 4.79 Å². The molecule has 0 aliphatic heterocycles. The Morgan fingerprint density at radius 1 is 1.33 bits per heavy atom. The third kappa shape index (κ3) is 4.10. The Hall–Kier alpha value is -0.730. The Kier molecular flexibility index (Phi) is 4.92. The number of alkyl carbamates (subject to hydrolysis) is 1. The predicted octanol–water partition coefficient (Wildman–Crippen LogP) is 2.95. The SMILES string of the molecule is CCOC(=O)N[C@H]1CC[C@H](C(C)C)CC1. The highest BCUT2D eigenvalue weighted by atomic mass is 16.5. The zero-order valence-electron chi connectivity index (χ0n) is 10.1. The second kappa shape index (κ2) is 5.99. The van der Waals surface area contributed by atoms with Crippen LogP contribution in [0.4, 0.5) is 4.79 Å². The molecule has 1 aliphatic carbocycles. The molecule has 0 saturated heterocycles. The van der Waals surface area contributed by atoms with E-state index >= 15 is 0 Å². The minimum absolute atomic E-state index is 0.259. The second-order valence-electron chi connectivity index (χ2n) is 4.72. The zero-order valence-corrected chi connectivity index (χ0v) is 10.1. The molecular weight excluding hydrogens is 190 g/mol. The fourth-order valence-corrected chi connectivity index (χ4v) is 2.27. The van der Waals surface area contributed by atoms with E-state index in [2.05, 4.69) is 19.2 Å². The molecule has 1 saturated carbocycles. The molecular formula is C12H23NO2. The minimum Gasteiger partial charge on any atom is -0.450 e. The van der Waals surface area contributed by atoms with Gasteiger partial charge in [0, 0.05) is 6.04 Å². The van der Waals surface area contributed by atoms with Crippen molar-refractivity contribution in [2.24, 2.45) is 11.8 Å². The van der Waals surface area contributed by atoms with Gasteiger partial charge in [-0.1, -0.05) is 13.8 Å². The molecule has 0 heterocycles. The number of ether oxygens (including phenoxy) is 1. The van der Waals surface area contributed by atoms with Crippen molar-refractivity contribution in [1.82, 2.24) is 5.32 Å².